The summed E-state index contributed by atoms with van der Waals surface area (Å²) >= 11 is 0. The summed E-state index contributed by atoms with van der Waals surface area (Å²) < 4.78 is 0. The van der Waals surface area contributed by atoms with Crippen molar-refractivity contribution in [2.75, 3.05) is 13.2 Å². The molecule has 1 amide bonds. The van der Waals surface area contributed by atoms with Crippen LogP contribution in [-0.4, -0.2) is 57.8 Å². The molecule has 110 valence electrons. The van der Waals surface area contributed by atoms with Gasteiger partial charge in [-0.1, -0.05) is 11.8 Å². The monoisotopic (exact) mass is 281 g/mol. The molecule has 1 aliphatic heterocycles. The second-order valence-corrected chi connectivity index (χ2v) is 4.98. The van der Waals surface area contributed by atoms with Gasteiger partial charge in [-0.15, -0.1) is 0 Å². The van der Waals surface area contributed by atoms with E-state index in [1.165, 1.54) is 6.20 Å². The quantitative estimate of drug-likeness (QED) is 0.362. The number of nitrogens with zero attached hydrogens (tertiary/aromatic N) is 1. The smallest absolute Gasteiger partial charge is 0.264 e. The summed E-state index contributed by atoms with van der Waals surface area (Å²) in [5.74, 6) is 4.58. The molecule has 0 aromatic heterocycles. The minimum Gasteiger partial charge on any atom is -0.396 e. The Bertz CT molecular complexity index is 468. The standard InChI is InChI=1S/C13H19N3O4/c14-3-1-2-8-6-16(13(20)15-12(8)19)10-4-9(7-17)11(18)5-10/h6,9-11,13,17-18,20H,3-5,7,14H2,(H,15,19)/t9-,10-,11+,13?/m1/s1. The Balaban J connectivity index is 2.17. The molecule has 20 heavy (non-hydrogen) atoms. The lowest BCUT2D eigenvalue weighted by Crippen LogP contribution is -2.53. The highest BCUT2D eigenvalue weighted by Gasteiger charge is 2.38. The van der Waals surface area contributed by atoms with Crippen LogP contribution in [0.15, 0.2) is 11.8 Å². The molecule has 1 fully saturated rings. The van der Waals surface area contributed by atoms with Gasteiger partial charge in [0.25, 0.3) is 5.91 Å². The Hall–Kier alpha value is -1.59. The summed E-state index contributed by atoms with van der Waals surface area (Å²) in [7, 11) is 0. The van der Waals surface area contributed by atoms with Crippen LogP contribution < -0.4 is 11.1 Å². The second kappa shape index (κ2) is 6.24. The van der Waals surface area contributed by atoms with E-state index in [1.807, 2.05) is 0 Å². The summed E-state index contributed by atoms with van der Waals surface area (Å²) in [4.78, 5) is 13.2. The maximum absolute atomic E-state index is 11.7. The average Bonchev–Trinajstić information content (AvgIpc) is 2.79. The predicted molar refractivity (Wildman–Crippen MR) is 70.5 cm³/mol. The summed E-state index contributed by atoms with van der Waals surface area (Å²) in [6.45, 7) is 0.0411. The minimum atomic E-state index is -1.15. The number of rotatable bonds is 2. The van der Waals surface area contributed by atoms with Crippen LogP contribution in [0.4, 0.5) is 0 Å². The van der Waals surface area contributed by atoms with Crippen molar-refractivity contribution in [2.24, 2.45) is 11.7 Å². The molecular formula is C13H19N3O4. The zero-order chi connectivity index (χ0) is 14.7. The number of carbonyl (C=O) groups excluding carboxylic acids is 1. The van der Waals surface area contributed by atoms with Crippen LogP contribution >= 0.6 is 0 Å². The molecule has 2 aliphatic rings. The fraction of sp³-hybridized carbons (Fsp3) is 0.615. The molecule has 0 saturated heterocycles. The maximum Gasteiger partial charge on any atom is 0.264 e. The molecule has 2 rings (SSSR count). The van der Waals surface area contributed by atoms with Gasteiger partial charge in [-0.25, -0.2) is 0 Å². The van der Waals surface area contributed by atoms with Crippen LogP contribution in [0.2, 0.25) is 0 Å². The molecular weight excluding hydrogens is 262 g/mol. The number of nitrogens with one attached hydrogen (secondary N) is 1. The van der Waals surface area contributed by atoms with Gasteiger partial charge in [-0.3, -0.25) is 4.79 Å². The molecule has 7 heteroatoms. The zero-order valence-corrected chi connectivity index (χ0v) is 11.0. The van der Waals surface area contributed by atoms with E-state index in [4.69, 9.17) is 10.8 Å². The van der Waals surface area contributed by atoms with Crippen LogP contribution in [0.1, 0.15) is 12.8 Å². The Morgan fingerprint density at radius 3 is 2.80 bits per heavy atom. The number of aliphatic hydroxyl groups is 3. The van der Waals surface area contributed by atoms with Crippen molar-refractivity contribution in [3.8, 4) is 11.8 Å². The van der Waals surface area contributed by atoms with Crippen molar-refractivity contribution >= 4 is 5.91 Å². The predicted octanol–water partition coefficient (Wildman–Crippen LogP) is -2.33. The Labute approximate surface area is 117 Å². The molecule has 0 spiro atoms. The highest BCUT2D eigenvalue weighted by atomic mass is 16.3. The molecule has 1 saturated carbocycles. The van der Waals surface area contributed by atoms with E-state index in [9.17, 15) is 15.0 Å². The normalized spacial score (nSPS) is 33.3. The van der Waals surface area contributed by atoms with Crippen LogP contribution in [0.3, 0.4) is 0 Å². The van der Waals surface area contributed by atoms with Crippen LogP contribution in [0.25, 0.3) is 0 Å². The van der Waals surface area contributed by atoms with Gasteiger partial charge >= 0.3 is 0 Å². The first kappa shape index (κ1) is 14.8. The molecule has 7 nitrogen and oxygen atoms in total. The van der Waals surface area contributed by atoms with E-state index in [0.29, 0.717) is 12.8 Å². The zero-order valence-electron chi connectivity index (χ0n) is 11.0. The van der Waals surface area contributed by atoms with Crippen molar-refractivity contribution in [2.45, 2.75) is 31.3 Å². The lowest BCUT2D eigenvalue weighted by Gasteiger charge is -2.35. The van der Waals surface area contributed by atoms with Crippen molar-refractivity contribution in [3.05, 3.63) is 11.8 Å². The topological polar surface area (TPSA) is 119 Å². The number of hydrogen-bond acceptors (Lipinski definition) is 6. The molecule has 0 radical (unpaired) electrons. The average molecular weight is 281 g/mol. The SMILES string of the molecule is NCC#CC1=CN([C@@H]2C[C@H](CO)[C@@H](O)C2)C(O)NC1=O. The van der Waals surface area contributed by atoms with Gasteiger partial charge in [-0.05, 0) is 12.8 Å². The third-order valence-corrected chi connectivity index (χ3v) is 3.68. The van der Waals surface area contributed by atoms with Crippen LogP contribution in [0, 0.1) is 17.8 Å². The van der Waals surface area contributed by atoms with Gasteiger partial charge in [0, 0.05) is 24.8 Å². The minimum absolute atomic E-state index is 0.0997. The van der Waals surface area contributed by atoms with Gasteiger partial charge in [0.15, 0.2) is 0 Å². The second-order valence-electron chi connectivity index (χ2n) is 4.98. The number of nitrogens with two attached hydrogens (primary N) is 1. The van der Waals surface area contributed by atoms with Gasteiger partial charge in [0.1, 0.15) is 5.57 Å². The van der Waals surface area contributed by atoms with Gasteiger partial charge in [0.2, 0.25) is 6.35 Å². The van der Waals surface area contributed by atoms with Crippen molar-refractivity contribution < 1.29 is 20.1 Å². The molecule has 6 N–H and O–H groups in total. The summed E-state index contributed by atoms with van der Waals surface area (Å²) in [6, 6.07) is -0.160. The third kappa shape index (κ3) is 2.94. The van der Waals surface area contributed by atoms with E-state index >= 15 is 0 Å². The molecule has 1 aliphatic carbocycles. The lowest BCUT2D eigenvalue weighted by atomic mass is 10.1. The van der Waals surface area contributed by atoms with Crippen molar-refractivity contribution in [1.29, 1.82) is 0 Å². The Morgan fingerprint density at radius 2 is 2.20 bits per heavy atom. The maximum atomic E-state index is 11.7. The lowest BCUT2D eigenvalue weighted by molar-refractivity contribution is -0.126. The number of aliphatic hydroxyl groups excluding tert-OH is 3. The van der Waals surface area contributed by atoms with E-state index in [0.717, 1.165) is 0 Å². The summed E-state index contributed by atoms with van der Waals surface area (Å²) in [5, 5.41) is 31.3. The fourth-order valence-corrected chi connectivity index (χ4v) is 2.60. The number of carbonyl (C=O) groups is 1. The Kier molecular flexibility index (Phi) is 4.62. The van der Waals surface area contributed by atoms with Gasteiger partial charge in [-0.2, -0.15) is 0 Å². The van der Waals surface area contributed by atoms with Gasteiger partial charge < -0.3 is 31.3 Å². The largest absolute Gasteiger partial charge is 0.396 e. The Morgan fingerprint density at radius 1 is 1.45 bits per heavy atom. The molecule has 0 aromatic carbocycles. The van der Waals surface area contributed by atoms with Crippen molar-refractivity contribution in [1.82, 2.24) is 10.2 Å². The first-order valence-corrected chi connectivity index (χ1v) is 6.53. The van der Waals surface area contributed by atoms with E-state index in [-0.39, 0.29) is 30.7 Å². The van der Waals surface area contributed by atoms with Crippen LogP contribution in [0.5, 0.6) is 0 Å². The van der Waals surface area contributed by atoms with Crippen LogP contribution in [-0.2, 0) is 4.79 Å². The number of hydrogen-bond donors (Lipinski definition) is 5. The van der Waals surface area contributed by atoms with E-state index in [1.54, 1.807) is 4.90 Å². The highest BCUT2D eigenvalue weighted by molar-refractivity contribution is 5.98. The van der Waals surface area contributed by atoms with Crippen molar-refractivity contribution in [3.63, 3.8) is 0 Å². The van der Waals surface area contributed by atoms with E-state index in [2.05, 4.69) is 17.2 Å². The first-order valence-electron chi connectivity index (χ1n) is 6.53. The molecule has 0 bridgehead atoms. The highest BCUT2D eigenvalue weighted by Crippen LogP contribution is 2.31. The molecule has 1 heterocycles. The molecule has 1 unspecified atom stereocenters. The van der Waals surface area contributed by atoms with Gasteiger partial charge in [0.05, 0.1) is 12.6 Å². The summed E-state index contributed by atoms with van der Waals surface area (Å²) in [6.07, 6.45) is 0.691. The first-order chi connectivity index (χ1) is 9.56. The molecule has 4 atom stereocenters. The third-order valence-electron chi connectivity index (χ3n) is 3.68. The fourth-order valence-electron chi connectivity index (χ4n) is 2.60. The summed E-state index contributed by atoms with van der Waals surface area (Å²) in [5.41, 5.74) is 5.50. The van der Waals surface area contributed by atoms with E-state index < -0.39 is 18.4 Å². The molecule has 0 aromatic rings. The number of amides is 1.